The average Bonchev–Trinajstić information content (AvgIpc) is 2.46. The van der Waals surface area contributed by atoms with E-state index in [4.69, 9.17) is 5.11 Å². The van der Waals surface area contributed by atoms with E-state index in [1.807, 2.05) is 0 Å². The molecule has 2 rings (SSSR count). The Bertz CT molecular complexity index is 465. The van der Waals surface area contributed by atoms with Crippen LogP contribution in [-0.2, 0) is 6.18 Å². The van der Waals surface area contributed by atoms with E-state index in [2.05, 4.69) is 4.98 Å². The molecular formula is C13H15F3N2O2. The van der Waals surface area contributed by atoms with E-state index in [0.29, 0.717) is 25.9 Å². The van der Waals surface area contributed by atoms with Gasteiger partial charge in [0.1, 0.15) is 5.69 Å². The molecule has 0 spiro atoms. The number of nitrogens with zero attached hydrogens (tertiary/aromatic N) is 2. The van der Waals surface area contributed by atoms with Gasteiger partial charge in [0.05, 0.1) is 5.56 Å². The first-order valence-corrected chi connectivity index (χ1v) is 6.35. The monoisotopic (exact) mass is 288 g/mol. The second-order valence-corrected chi connectivity index (χ2v) is 4.85. The number of hydrogen-bond donors (Lipinski definition) is 1. The number of likely N-dealkylation sites (tertiary alicyclic amines) is 1. The van der Waals surface area contributed by atoms with E-state index in [9.17, 15) is 18.0 Å². The molecule has 1 aliphatic rings. The maximum absolute atomic E-state index is 12.4. The van der Waals surface area contributed by atoms with E-state index in [1.165, 1.54) is 0 Å². The van der Waals surface area contributed by atoms with Crippen LogP contribution >= 0.6 is 0 Å². The predicted octanol–water partition coefficient (Wildman–Crippen LogP) is 1.94. The molecule has 7 heteroatoms. The molecule has 1 aromatic rings. The first-order valence-electron chi connectivity index (χ1n) is 6.35. The first-order chi connectivity index (χ1) is 9.41. The van der Waals surface area contributed by atoms with Crippen LogP contribution in [0.15, 0.2) is 18.3 Å². The third-order valence-corrected chi connectivity index (χ3v) is 3.46. The lowest BCUT2D eigenvalue weighted by Crippen LogP contribution is -2.39. The molecule has 1 N–H and O–H groups in total. The topological polar surface area (TPSA) is 53.4 Å². The molecule has 0 atom stereocenters. The van der Waals surface area contributed by atoms with Gasteiger partial charge in [0.2, 0.25) is 0 Å². The fourth-order valence-electron chi connectivity index (χ4n) is 2.19. The van der Waals surface area contributed by atoms with Crippen molar-refractivity contribution in [3.05, 3.63) is 29.6 Å². The molecule has 1 amide bonds. The van der Waals surface area contributed by atoms with Gasteiger partial charge in [-0.3, -0.25) is 9.78 Å². The van der Waals surface area contributed by atoms with Gasteiger partial charge in [0.15, 0.2) is 0 Å². The van der Waals surface area contributed by atoms with Crippen LogP contribution in [0.3, 0.4) is 0 Å². The summed E-state index contributed by atoms with van der Waals surface area (Å²) < 4.78 is 37.1. The molecule has 20 heavy (non-hydrogen) atoms. The Hall–Kier alpha value is -1.63. The number of hydrogen-bond acceptors (Lipinski definition) is 3. The SMILES string of the molecule is O=C(c1ccc(C(F)(F)F)nc1)N1CCC(CO)CC1. The number of piperidine rings is 1. The summed E-state index contributed by atoms with van der Waals surface area (Å²) in [4.78, 5) is 17.0. The van der Waals surface area contributed by atoms with Crippen LogP contribution in [0.1, 0.15) is 28.9 Å². The maximum atomic E-state index is 12.4. The normalized spacial score (nSPS) is 17.3. The highest BCUT2D eigenvalue weighted by Gasteiger charge is 2.32. The van der Waals surface area contributed by atoms with Crippen molar-refractivity contribution < 1.29 is 23.1 Å². The van der Waals surface area contributed by atoms with Crippen LogP contribution in [-0.4, -0.2) is 40.6 Å². The van der Waals surface area contributed by atoms with Crippen LogP contribution in [0.5, 0.6) is 0 Å². The van der Waals surface area contributed by atoms with Gasteiger partial charge in [0, 0.05) is 25.9 Å². The fourth-order valence-corrected chi connectivity index (χ4v) is 2.19. The zero-order valence-electron chi connectivity index (χ0n) is 10.7. The number of halogens is 3. The van der Waals surface area contributed by atoms with Crippen molar-refractivity contribution in [1.29, 1.82) is 0 Å². The summed E-state index contributed by atoms with van der Waals surface area (Å²) in [6.45, 7) is 1.11. The standard InChI is InChI=1S/C13H15F3N2O2/c14-13(15,16)11-2-1-10(7-17-11)12(20)18-5-3-9(8-19)4-6-18/h1-2,7,9,19H,3-6,8H2. The number of carbonyl (C=O) groups is 1. The predicted molar refractivity (Wildman–Crippen MR) is 65.0 cm³/mol. The van der Waals surface area contributed by atoms with Crippen LogP contribution in [0.25, 0.3) is 0 Å². The van der Waals surface area contributed by atoms with Gasteiger partial charge < -0.3 is 10.0 Å². The summed E-state index contributed by atoms with van der Waals surface area (Å²) >= 11 is 0. The first kappa shape index (κ1) is 14.8. The number of rotatable bonds is 2. The number of aliphatic hydroxyl groups is 1. The quantitative estimate of drug-likeness (QED) is 0.905. The lowest BCUT2D eigenvalue weighted by Gasteiger charge is -2.31. The Morgan fingerprint density at radius 2 is 2.00 bits per heavy atom. The molecule has 0 aromatic carbocycles. The summed E-state index contributed by atoms with van der Waals surface area (Å²) in [5, 5.41) is 9.02. The number of aliphatic hydroxyl groups excluding tert-OH is 1. The Labute approximate surface area is 114 Å². The number of pyridine rings is 1. The van der Waals surface area contributed by atoms with E-state index < -0.39 is 11.9 Å². The average molecular weight is 288 g/mol. The highest BCUT2D eigenvalue weighted by atomic mass is 19.4. The van der Waals surface area contributed by atoms with Crippen molar-refractivity contribution in [2.45, 2.75) is 19.0 Å². The molecule has 1 aliphatic heterocycles. The van der Waals surface area contributed by atoms with Crippen molar-refractivity contribution in [3.63, 3.8) is 0 Å². The van der Waals surface area contributed by atoms with E-state index in [1.54, 1.807) is 4.90 Å². The zero-order chi connectivity index (χ0) is 14.8. The lowest BCUT2D eigenvalue weighted by molar-refractivity contribution is -0.141. The summed E-state index contributed by atoms with van der Waals surface area (Å²) in [5.74, 6) is -0.118. The van der Waals surface area contributed by atoms with Gasteiger partial charge in [-0.05, 0) is 30.9 Å². The van der Waals surface area contributed by atoms with Crippen molar-refractivity contribution in [1.82, 2.24) is 9.88 Å². The van der Waals surface area contributed by atoms with Crippen LogP contribution in [0.4, 0.5) is 13.2 Å². The number of alkyl halides is 3. The van der Waals surface area contributed by atoms with Crippen molar-refractivity contribution in [2.75, 3.05) is 19.7 Å². The van der Waals surface area contributed by atoms with Gasteiger partial charge in [-0.15, -0.1) is 0 Å². The number of carbonyl (C=O) groups excluding carboxylic acids is 1. The highest BCUT2D eigenvalue weighted by molar-refractivity contribution is 5.94. The van der Waals surface area contributed by atoms with E-state index in [-0.39, 0.29) is 24.0 Å². The van der Waals surface area contributed by atoms with E-state index >= 15 is 0 Å². The number of aromatic nitrogens is 1. The van der Waals surface area contributed by atoms with Gasteiger partial charge >= 0.3 is 6.18 Å². The minimum Gasteiger partial charge on any atom is -0.396 e. The lowest BCUT2D eigenvalue weighted by atomic mass is 9.97. The van der Waals surface area contributed by atoms with Crippen LogP contribution in [0.2, 0.25) is 0 Å². The van der Waals surface area contributed by atoms with Gasteiger partial charge in [-0.1, -0.05) is 0 Å². The Morgan fingerprint density at radius 3 is 2.45 bits per heavy atom. The minimum absolute atomic E-state index is 0.101. The van der Waals surface area contributed by atoms with Crippen molar-refractivity contribution in [2.24, 2.45) is 5.92 Å². The fraction of sp³-hybridized carbons (Fsp3) is 0.538. The molecule has 0 bridgehead atoms. The highest BCUT2D eigenvalue weighted by Crippen LogP contribution is 2.27. The molecule has 110 valence electrons. The van der Waals surface area contributed by atoms with Crippen LogP contribution in [0, 0.1) is 5.92 Å². The third kappa shape index (κ3) is 3.27. The molecule has 0 saturated carbocycles. The second-order valence-electron chi connectivity index (χ2n) is 4.85. The number of amides is 1. The Morgan fingerprint density at radius 1 is 1.35 bits per heavy atom. The molecule has 1 aromatic heterocycles. The largest absolute Gasteiger partial charge is 0.433 e. The van der Waals surface area contributed by atoms with Gasteiger partial charge in [0.25, 0.3) is 5.91 Å². The molecule has 2 heterocycles. The molecule has 4 nitrogen and oxygen atoms in total. The van der Waals surface area contributed by atoms with Crippen molar-refractivity contribution >= 4 is 5.91 Å². The van der Waals surface area contributed by atoms with Gasteiger partial charge in [-0.2, -0.15) is 13.2 Å². The Balaban J connectivity index is 2.03. The summed E-state index contributed by atoms with van der Waals surface area (Å²) in [5.41, 5.74) is -0.853. The zero-order valence-corrected chi connectivity index (χ0v) is 10.7. The third-order valence-electron chi connectivity index (χ3n) is 3.46. The molecule has 1 fully saturated rings. The van der Waals surface area contributed by atoms with Crippen LogP contribution < -0.4 is 0 Å². The van der Waals surface area contributed by atoms with E-state index in [0.717, 1.165) is 18.3 Å². The van der Waals surface area contributed by atoms with Crippen molar-refractivity contribution in [3.8, 4) is 0 Å². The summed E-state index contributed by atoms with van der Waals surface area (Å²) in [6.07, 6.45) is -2.13. The molecule has 0 unspecified atom stereocenters. The maximum Gasteiger partial charge on any atom is 0.433 e. The summed E-state index contributed by atoms with van der Waals surface area (Å²) in [7, 11) is 0. The summed E-state index contributed by atoms with van der Waals surface area (Å²) in [6, 6.07) is 1.96. The Kier molecular flexibility index (Phi) is 4.27. The molecule has 0 aliphatic carbocycles. The molecule has 1 saturated heterocycles. The molecular weight excluding hydrogens is 273 g/mol. The minimum atomic E-state index is -4.50. The second kappa shape index (κ2) is 5.78. The smallest absolute Gasteiger partial charge is 0.396 e. The van der Waals surface area contributed by atoms with Gasteiger partial charge in [-0.25, -0.2) is 0 Å². The molecule has 0 radical (unpaired) electrons.